The number of ether oxygens (including phenoxy) is 2. The van der Waals surface area contributed by atoms with Crippen LogP contribution >= 0.6 is 0 Å². The zero-order valence-electron chi connectivity index (χ0n) is 16.1. The molecule has 3 rings (SSSR count). The summed E-state index contributed by atoms with van der Waals surface area (Å²) >= 11 is 0. The van der Waals surface area contributed by atoms with E-state index in [0.717, 1.165) is 11.1 Å². The molecule has 0 aliphatic heterocycles. The summed E-state index contributed by atoms with van der Waals surface area (Å²) in [7, 11) is 3.21. The molecule has 0 fully saturated rings. The van der Waals surface area contributed by atoms with Gasteiger partial charge >= 0.3 is 0 Å². The van der Waals surface area contributed by atoms with Crippen molar-refractivity contribution in [3.05, 3.63) is 95.3 Å². The number of methoxy groups -OCH3 is 2. The van der Waals surface area contributed by atoms with E-state index in [4.69, 9.17) is 9.47 Å². The minimum absolute atomic E-state index is 0.325. The van der Waals surface area contributed by atoms with Crippen LogP contribution in [0, 0.1) is 5.82 Å². The summed E-state index contributed by atoms with van der Waals surface area (Å²) in [6.45, 7) is 1.04. The SMILES string of the molecule is COc1ccc(C[NH2+]C[C@@](O)(c2ccccc2)c2ccc(F)cc2)cc1OC. The van der Waals surface area contributed by atoms with E-state index in [0.29, 0.717) is 30.2 Å². The molecule has 0 heterocycles. The van der Waals surface area contributed by atoms with Crippen LogP contribution in [0.2, 0.25) is 0 Å². The van der Waals surface area contributed by atoms with Crippen LogP contribution in [-0.2, 0) is 12.1 Å². The zero-order chi connectivity index (χ0) is 20.0. The van der Waals surface area contributed by atoms with E-state index >= 15 is 0 Å². The molecule has 0 aromatic heterocycles. The van der Waals surface area contributed by atoms with Crippen LogP contribution in [0.1, 0.15) is 16.7 Å². The second-order valence-corrected chi connectivity index (χ2v) is 6.62. The molecule has 0 radical (unpaired) electrons. The molecular weight excluding hydrogens is 357 g/mol. The molecule has 4 nitrogen and oxygen atoms in total. The highest BCUT2D eigenvalue weighted by Gasteiger charge is 2.33. The van der Waals surface area contributed by atoms with E-state index in [1.165, 1.54) is 12.1 Å². The van der Waals surface area contributed by atoms with Gasteiger partial charge in [0.25, 0.3) is 0 Å². The van der Waals surface area contributed by atoms with Crippen molar-refractivity contribution in [1.29, 1.82) is 0 Å². The third kappa shape index (κ3) is 4.32. The average molecular weight is 382 g/mol. The monoisotopic (exact) mass is 382 g/mol. The number of hydrogen-bond acceptors (Lipinski definition) is 3. The van der Waals surface area contributed by atoms with Gasteiger partial charge in [-0.05, 0) is 41.5 Å². The Hall–Kier alpha value is -2.89. The normalized spacial score (nSPS) is 13.0. The molecule has 0 unspecified atom stereocenters. The number of benzene rings is 3. The number of aliphatic hydroxyl groups is 1. The molecular formula is C23H25FNO3+. The minimum Gasteiger partial charge on any atom is -0.493 e. The van der Waals surface area contributed by atoms with E-state index in [2.05, 4.69) is 0 Å². The van der Waals surface area contributed by atoms with Crippen LogP contribution in [0.5, 0.6) is 11.5 Å². The second kappa shape index (κ2) is 8.87. The van der Waals surface area contributed by atoms with E-state index in [1.807, 2.05) is 53.8 Å². The maximum absolute atomic E-state index is 13.4. The van der Waals surface area contributed by atoms with Crippen molar-refractivity contribution in [2.75, 3.05) is 20.8 Å². The number of halogens is 1. The van der Waals surface area contributed by atoms with Crippen LogP contribution in [0.4, 0.5) is 4.39 Å². The Morgan fingerprint density at radius 2 is 1.50 bits per heavy atom. The standard InChI is InChI=1S/C23H24FNO3/c1-27-21-13-8-17(14-22(21)28-2)15-25-16-23(26,18-6-4-3-5-7-18)19-9-11-20(24)12-10-19/h3-14,25-26H,15-16H2,1-2H3/p+1/t23-/m1/s1. The highest BCUT2D eigenvalue weighted by Crippen LogP contribution is 2.29. The predicted molar refractivity (Wildman–Crippen MR) is 106 cm³/mol. The number of quaternary nitrogens is 1. The smallest absolute Gasteiger partial charge is 0.163 e. The van der Waals surface area contributed by atoms with E-state index in [-0.39, 0.29) is 5.82 Å². The highest BCUT2D eigenvalue weighted by atomic mass is 19.1. The Morgan fingerprint density at radius 3 is 2.14 bits per heavy atom. The van der Waals surface area contributed by atoms with Gasteiger partial charge in [-0.1, -0.05) is 42.5 Å². The fourth-order valence-corrected chi connectivity index (χ4v) is 3.30. The summed E-state index contributed by atoms with van der Waals surface area (Å²) in [6, 6.07) is 21.2. The van der Waals surface area contributed by atoms with Crippen molar-refractivity contribution in [3.8, 4) is 11.5 Å². The summed E-state index contributed by atoms with van der Waals surface area (Å²) in [5.74, 6) is 1.03. The number of rotatable bonds is 8. The maximum Gasteiger partial charge on any atom is 0.163 e. The van der Waals surface area contributed by atoms with Gasteiger partial charge in [0.05, 0.1) is 14.2 Å². The van der Waals surface area contributed by atoms with Crippen LogP contribution in [-0.4, -0.2) is 25.9 Å². The lowest BCUT2D eigenvalue weighted by atomic mass is 9.86. The molecule has 3 aromatic rings. The van der Waals surface area contributed by atoms with E-state index in [9.17, 15) is 9.50 Å². The summed E-state index contributed by atoms with van der Waals surface area (Å²) < 4.78 is 24.0. The first-order valence-corrected chi connectivity index (χ1v) is 9.13. The molecule has 3 N–H and O–H groups in total. The number of nitrogens with two attached hydrogens (primary N) is 1. The second-order valence-electron chi connectivity index (χ2n) is 6.62. The molecule has 1 atom stereocenters. The van der Waals surface area contributed by atoms with Gasteiger partial charge < -0.3 is 19.9 Å². The summed E-state index contributed by atoms with van der Waals surface area (Å²) in [4.78, 5) is 0. The maximum atomic E-state index is 13.4. The van der Waals surface area contributed by atoms with Gasteiger partial charge in [-0.2, -0.15) is 0 Å². The van der Waals surface area contributed by atoms with E-state index < -0.39 is 5.60 Å². The first-order valence-electron chi connectivity index (χ1n) is 9.13. The number of hydrogen-bond donors (Lipinski definition) is 2. The third-order valence-electron chi connectivity index (χ3n) is 4.84. The Morgan fingerprint density at radius 1 is 0.857 bits per heavy atom. The van der Waals surface area contributed by atoms with Crippen LogP contribution < -0.4 is 14.8 Å². The molecule has 0 saturated heterocycles. The lowest BCUT2D eigenvalue weighted by molar-refractivity contribution is -0.682. The molecule has 3 aromatic carbocycles. The molecule has 5 heteroatoms. The van der Waals surface area contributed by atoms with Gasteiger partial charge in [0, 0.05) is 5.56 Å². The summed E-state index contributed by atoms with van der Waals surface area (Å²) in [5, 5.41) is 13.5. The van der Waals surface area contributed by atoms with Crippen LogP contribution in [0.3, 0.4) is 0 Å². The molecule has 0 aliphatic rings. The zero-order valence-corrected chi connectivity index (χ0v) is 16.1. The van der Waals surface area contributed by atoms with Crippen molar-refractivity contribution in [1.82, 2.24) is 0 Å². The largest absolute Gasteiger partial charge is 0.493 e. The van der Waals surface area contributed by atoms with Crippen molar-refractivity contribution >= 4 is 0 Å². The Bertz CT molecular complexity index is 899. The van der Waals surface area contributed by atoms with Gasteiger partial charge in [-0.3, -0.25) is 0 Å². The van der Waals surface area contributed by atoms with Gasteiger partial charge in [0.2, 0.25) is 0 Å². The van der Waals surface area contributed by atoms with Crippen molar-refractivity contribution in [2.45, 2.75) is 12.1 Å². The highest BCUT2D eigenvalue weighted by molar-refractivity contribution is 5.42. The fourth-order valence-electron chi connectivity index (χ4n) is 3.30. The molecule has 146 valence electrons. The quantitative estimate of drug-likeness (QED) is 0.630. The van der Waals surface area contributed by atoms with Crippen LogP contribution in [0.25, 0.3) is 0 Å². The average Bonchev–Trinajstić information content (AvgIpc) is 2.74. The lowest BCUT2D eigenvalue weighted by Crippen LogP contribution is -2.86. The lowest BCUT2D eigenvalue weighted by Gasteiger charge is -2.27. The van der Waals surface area contributed by atoms with Crippen molar-refractivity contribution in [3.63, 3.8) is 0 Å². The first-order chi connectivity index (χ1) is 13.6. The van der Waals surface area contributed by atoms with Gasteiger partial charge in [0.15, 0.2) is 17.1 Å². The summed E-state index contributed by atoms with van der Waals surface area (Å²) in [6.07, 6.45) is 0. The fraction of sp³-hybridized carbons (Fsp3) is 0.217. The topological polar surface area (TPSA) is 55.3 Å². The summed E-state index contributed by atoms with van der Waals surface area (Å²) in [5.41, 5.74) is 1.24. The Kier molecular flexibility index (Phi) is 6.29. The molecule has 0 amide bonds. The molecule has 0 spiro atoms. The third-order valence-corrected chi connectivity index (χ3v) is 4.84. The van der Waals surface area contributed by atoms with Crippen molar-refractivity contribution in [2.24, 2.45) is 0 Å². The van der Waals surface area contributed by atoms with Gasteiger partial charge in [0.1, 0.15) is 18.9 Å². The molecule has 28 heavy (non-hydrogen) atoms. The molecule has 0 aliphatic carbocycles. The molecule has 0 saturated carbocycles. The minimum atomic E-state index is -1.23. The molecule has 0 bridgehead atoms. The van der Waals surface area contributed by atoms with E-state index in [1.54, 1.807) is 26.4 Å². The Labute approximate surface area is 164 Å². The Balaban J connectivity index is 1.80. The first kappa shape index (κ1) is 19.9. The van der Waals surface area contributed by atoms with Gasteiger partial charge in [-0.15, -0.1) is 0 Å². The van der Waals surface area contributed by atoms with Crippen LogP contribution in [0.15, 0.2) is 72.8 Å². The van der Waals surface area contributed by atoms with Gasteiger partial charge in [-0.25, -0.2) is 4.39 Å². The predicted octanol–water partition coefficient (Wildman–Crippen LogP) is 2.84. The van der Waals surface area contributed by atoms with Crippen molar-refractivity contribution < 1.29 is 24.3 Å².